The van der Waals surface area contributed by atoms with Crippen LogP contribution in [0.2, 0.25) is 0 Å². The average Bonchev–Trinajstić information content (AvgIpc) is 3.77. The molecule has 0 saturated carbocycles. The summed E-state index contributed by atoms with van der Waals surface area (Å²) in [5.41, 5.74) is 8.21. The lowest BCUT2D eigenvalue weighted by molar-refractivity contribution is -0.142. The van der Waals surface area contributed by atoms with Gasteiger partial charge < -0.3 is 78.8 Å². The molecule has 4 aromatic rings. The van der Waals surface area contributed by atoms with Gasteiger partial charge in [-0.1, -0.05) is 74.5 Å². The molecule has 0 radical (unpaired) electrons. The Morgan fingerprint density at radius 3 is 1.66 bits per heavy atom. The number of benzene rings is 3. The Bertz CT molecular complexity index is 2570. The molecule has 24 nitrogen and oxygen atoms in total. The number of aliphatic hydroxyl groups is 3. The number of nitrogens with two attached hydrogens (primary N) is 1. The van der Waals surface area contributed by atoms with Crippen molar-refractivity contribution in [3.63, 3.8) is 0 Å². The third-order valence-corrected chi connectivity index (χ3v) is 11.5. The van der Waals surface area contributed by atoms with Crippen molar-refractivity contribution in [1.82, 2.24) is 47.5 Å². The van der Waals surface area contributed by atoms with Gasteiger partial charge in [0.15, 0.2) is 0 Å². The van der Waals surface area contributed by atoms with Crippen molar-refractivity contribution in [2.75, 3.05) is 19.7 Å². The Morgan fingerprint density at radius 2 is 1.07 bits per heavy atom. The maximum atomic E-state index is 13.8. The number of hydrogen-bond acceptors (Lipinski definition) is 14. The lowest BCUT2D eigenvalue weighted by Gasteiger charge is -2.29. The summed E-state index contributed by atoms with van der Waals surface area (Å²) in [7, 11) is 0. The first-order valence-electron chi connectivity index (χ1n) is 23.7. The van der Waals surface area contributed by atoms with E-state index in [0.717, 1.165) is 24.8 Å². The molecule has 0 unspecified atom stereocenters. The molecule has 400 valence electrons. The minimum atomic E-state index is -1.78. The SMILES string of the molecule is CC(C)C[C@H](NC(=O)[C@H](Cc1ccc(O)cc1)NC(=O)[C@@H](N)CO)C(=O)N[C@H](C(=O)N[C@H](C(=O)NCC(=O)NCC(=O)N[C@@H](Cc1ccccc1)C(=O)N[C@@H](Cc1c[nH]c2ccccc12)C(=O)O)[C@@H](C)O)[C@@H](C)O. The van der Waals surface area contributed by atoms with Gasteiger partial charge in [-0.2, -0.15) is 0 Å². The maximum absolute atomic E-state index is 13.8. The Kier molecular flexibility index (Phi) is 22.5. The van der Waals surface area contributed by atoms with Gasteiger partial charge in [-0.3, -0.25) is 38.4 Å². The van der Waals surface area contributed by atoms with E-state index in [9.17, 15) is 68.7 Å². The van der Waals surface area contributed by atoms with Crippen LogP contribution in [0.15, 0.2) is 85.1 Å². The lowest BCUT2D eigenvalue weighted by Crippen LogP contribution is -2.62. The summed E-state index contributed by atoms with van der Waals surface area (Å²) < 4.78 is 0. The number of aromatic hydroxyl groups is 1. The van der Waals surface area contributed by atoms with Crippen LogP contribution in [0.1, 0.15) is 50.8 Å². The molecule has 3 aromatic carbocycles. The number of aromatic amines is 1. The normalized spacial score (nSPS) is 14.8. The predicted molar refractivity (Wildman–Crippen MR) is 267 cm³/mol. The molecule has 24 heteroatoms. The number of H-pyrrole nitrogens is 1. The number of fused-ring (bicyclic) bond motifs is 1. The molecule has 1 heterocycles. The van der Waals surface area contributed by atoms with Crippen molar-refractivity contribution in [3.8, 4) is 5.75 Å². The van der Waals surface area contributed by atoms with Crippen LogP contribution in [-0.2, 0) is 62.4 Å². The first kappa shape index (κ1) is 58.6. The van der Waals surface area contributed by atoms with Crippen LogP contribution in [0.25, 0.3) is 10.9 Å². The zero-order chi connectivity index (χ0) is 54.6. The second-order valence-corrected chi connectivity index (χ2v) is 18.1. The smallest absolute Gasteiger partial charge is 0.326 e. The zero-order valence-corrected chi connectivity index (χ0v) is 41.3. The molecule has 0 aliphatic rings. The van der Waals surface area contributed by atoms with Crippen LogP contribution < -0.4 is 48.3 Å². The van der Waals surface area contributed by atoms with E-state index >= 15 is 0 Å². The average molecular weight is 1030 g/mol. The summed E-state index contributed by atoms with van der Waals surface area (Å²) in [6.07, 6.45) is -1.83. The Labute approximate surface area is 426 Å². The van der Waals surface area contributed by atoms with Gasteiger partial charge in [-0.15, -0.1) is 0 Å². The fourth-order valence-corrected chi connectivity index (χ4v) is 7.54. The number of aliphatic carboxylic acids is 1. The van der Waals surface area contributed by atoms with Crippen LogP contribution in [0.3, 0.4) is 0 Å². The van der Waals surface area contributed by atoms with E-state index in [0.29, 0.717) is 16.7 Å². The standard InChI is InChI=1S/C50H66N10O14/c1-26(2)18-36(57-46(69)38(56-44(67)34(51)25-61)20-30-14-16-32(64)17-15-30)47(70)59-43(28(4)63)49(72)60-42(27(3)62)48(71)54-23-40(65)53-24-41(66)55-37(19-29-10-6-5-7-11-29)45(68)58-39(50(73)74)21-31-22-52-35-13-9-8-12-33(31)35/h5-17,22,26-28,34,36-39,42-43,52,61-64H,18-21,23-25,51H2,1-4H3,(H,53,65)(H,54,71)(H,55,66)(H,56,67)(H,57,69)(H,58,68)(H,59,70)(H,60,72)(H,73,74)/t27-,28-,34+,36+,37+,38+,39+,42+,43+/m1/s1. The number of aromatic nitrogens is 1. The third kappa shape index (κ3) is 18.3. The number of carbonyl (C=O) groups is 9. The van der Waals surface area contributed by atoms with Crippen LogP contribution in [0.5, 0.6) is 5.75 Å². The number of nitrogens with one attached hydrogen (secondary N) is 9. The number of phenolic OH excluding ortho intramolecular Hbond substituents is 1. The molecule has 16 N–H and O–H groups in total. The number of amides is 8. The van der Waals surface area contributed by atoms with Gasteiger partial charge in [0, 0.05) is 36.4 Å². The van der Waals surface area contributed by atoms with Crippen molar-refractivity contribution in [2.24, 2.45) is 11.7 Å². The first-order chi connectivity index (χ1) is 35.1. The number of phenols is 1. The fourth-order valence-electron chi connectivity index (χ4n) is 7.54. The van der Waals surface area contributed by atoms with Gasteiger partial charge in [0.1, 0.15) is 48.0 Å². The van der Waals surface area contributed by atoms with E-state index in [1.165, 1.54) is 24.3 Å². The number of para-hydroxylation sites is 1. The summed E-state index contributed by atoms with van der Waals surface area (Å²) in [5, 5.41) is 70.2. The molecule has 0 bridgehead atoms. The summed E-state index contributed by atoms with van der Waals surface area (Å²) in [4.78, 5) is 122. The Hall–Kier alpha value is -7.93. The van der Waals surface area contributed by atoms with Crippen LogP contribution in [-0.4, -0.2) is 158 Å². The molecule has 1 aromatic heterocycles. The zero-order valence-electron chi connectivity index (χ0n) is 41.3. The van der Waals surface area contributed by atoms with E-state index in [1.807, 2.05) is 18.2 Å². The highest BCUT2D eigenvalue weighted by Crippen LogP contribution is 2.20. The second kappa shape index (κ2) is 28.3. The topological polar surface area (TPSA) is 393 Å². The highest BCUT2D eigenvalue weighted by molar-refractivity contribution is 5.97. The molecule has 9 atom stereocenters. The number of aliphatic hydroxyl groups excluding tert-OH is 3. The number of carbonyl (C=O) groups excluding carboxylic acids is 8. The van der Waals surface area contributed by atoms with Crippen molar-refractivity contribution in [1.29, 1.82) is 0 Å². The summed E-state index contributed by atoms with van der Waals surface area (Å²) in [6, 6.07) is 11.3. The summed E-state index contributed by atoms with van der Waals surface area (Å²) >= 11 is 0. The number of carboxylic acid groups (broad SMARTS) is 1. The van der Waals surface area contributed by atoms with Crippen molar-refractivity contribution < 1.29 is 68.7 Å². The largest absolute Gasteiger partial charge is 0.508 e. The highest BCUT2D eigenvalue weighted by atomic mass is 16.4. The van der Waals surface area contributed by atoms with Crippen molar-refractivity contribution >= 4 is 64.1 Å². The maximum Gasteiger partial charge on any atom is 0.326 e. The Morgan fingerprint density at radius 1 is 0.554 bits per heavy atom. The minimum Gasteiger partial charge on any atom is -0.508 e. The first-order valence-corrected chi connectivity index (χ1v) is 23.7. The lowest BCUT2D eigenvalue weighted by atomic mass is 10.00. The van der Waals surface area contributed by atoms with Gasteiger partial charge in [0.2, 0.25) is 47.3 Å². The van der Waals surface area contributed by atoms with E-state index < -0.39 is 127 Å². The van der Waals surface area contributed by atoms with Crippen molar-refractivity contribution in [3.05, 3.63) is 102 Å². The van der Waals surface area contributed by atoms with Crippen LogP contribution in [0, 0.1) is 5.92 Å². The van der Waals surface area contributed by atoms with Gasteiger partial charge in [-0.25, -0.2) is 4.79 Å². The van der Waals surface area contributed by atoms with E-state index in [-0.39, 0.29) is 37.4 Å². The number of rotatable bonds is 28. The highest BCUT2D eigenvalue weighted by Gasteiger charge is 2.36. The molecule has 0 saturated heterocycles. The molecule has 74 heavy (non-hydrogen) atoms. The van der Waals surface area contributed by atoms with Gasteiger partial charge in [-0.05, 0) is 61.1 Å². The Balaban J connectivity index is 1.36. The molecule has 8 amide bonds. The number of carboxylic acids is 1. The monoisotopic (exact) mass is 1030 g/mol. The molecule has 0 aliphatic heterocycles. The van der Waals surface area contributed by atoms with E-state index in [2.05, 4.69) is 47.5 Å². The fraction of sp³-hybridized carbons (Fsp3) is 0.420. The number of hydrogen-bond donors (Lipinski definition) is 15. The van der Waals surface area contributed by atoms with Crippen LogP contribution in [0.4, 0.5) is 0 Å². The molecule has 0 fully saturated rings. The minimum absolute atomic E-state index is 0.00585. The molecule has 4 rings (SSSR count). The molecule has 0 spiro atoms. The van der Waals surface area contributed by atoms with Gasteiger partial charge in [0.05, 0.1) is 31.9 Å². The second-order valence-electron chi connectivity index (χ2n) is 18.1. The van der Waals surface area contributed by atoms with Gasteiger partial charge in [0.25, 0.3) is 0 Å². The van der Waals surface area contributed by atoms with Crippen LogP contribution >= 0.6 is 0 Å². The molecular weight excluding hydrogens is 965 g/mol. The molecular formula is C50H66N10O14. The van der Waals surface area contributed by atoms with E-state index in [1.54, 1.807) is 56.4 Å². The molecule has 0 aliphatic carbocycles. The quantitative estimate of drug-likeness (QED) is 0.0274. The summed E-state index contributed by atoms with van der Waals surface area (Å²) in [6.45, 7) is 3.57. The van der Waals surface area contributed by atoms with Crippen molar-refractivity contribution in [2.45, 2.75) is 108 Å². The van der Waals surface area contributed by atoms with Gasteiger partial charge >= 0.3 is 5.97 Å². The third-order valence-electron chi connectivity index (χ3n) is 11.5. The van der Waals surface area contributed by atoms with E-state index in [4.69, 9.17) is 5.73 Å². The summed E-state index contributed by atoms with van der Waals surface area (Å²) in [5.74, 6) is -9.09. The predicted octanol–water partition coefficient (Wildman–Crippen LogP) is -2.75.